The van der Waals surface area contributed by atoms with Crippen molar-refractivity contribution in [1.29, 1.82) is 0 Å². The summed E-state index contributed by atoms with van der Waals surface area (Å²) < 4.78 is 51.2. The number of halogens is 4. The Morgan fingerprint density at radius 1 is 1.16 bits per heavy atom. The molecule has 274 valence electrons. The van der Waals surface area contributed by atoms with Gasteiger partial charge in [0.15, 0.2) is 39.7 Å². The third kappa shape index (κ3) is 10.1. The number of hydrogen-bond donors (Lipinski definition) is 2. The van der Waals surface area contributed by atoms with Gasteiger partial charge >= 0.3 is 18.1 Å². The summed E-state index contributed by atoms with van der Waals surface area (Å²) >= 11 is 5.14. The summed E-state index contributed by atoms with van der Waals surface area (Å²) in [6.07, 6.45) is -1.49. The summed E-state index contributed by atoms with van der Waals surface area (Å²) in [7, 11) is 0. The summed E-state index contributed by atoms with van der Waals surface area (Å²) in [5.41, 5.74) is 7.43. The Balaban J connectivity index is 0.000000727. The number of fused-ring (bicyclic) bond motifs is 2. The molecule has 0 radical (unpaired) electrons. The number of aromatic nitrogens is 4. The number of anilines is 1. The van der Waals surface area contributed by atoms with Crippen molar-refractivity contribution in [2.75, 3.05) is 45.3 Å². The van der Waals surface area contributed by atoms with Crippen LogP contribution >= 0.6 is 27.7 Å². The molecule has 3 aromatic rings. The largest absolute Gasteiger partial charge is 0.490 e. The number of ether oxygens (including phenoxy) is 3. The number of carboxylic acid groups (broad SMARTS) is 1. The van der Waals surface area contributed by atoms with Gasteiger partial charge in [-0.1, -0.05) is 25.6 Å². The van der Waals surface area contributed by atoms with Gasteiger partial charge < -0.3 is 39.4 Å². The van der Waals surface area contributed by atoms with Crippen molar-refractivity contribution in [2.24, 2.45) is 5.92 Å². The Hall–Kier alpha value is -3.84. The summed E-state index contributed by atoms with van der Waals surface area (Å²) in [6.45, 7) is 10.3. The number of rotatable bonds is 12. The molecule has 50 heavy (non-hydrogen) atoms. The van der Waals surface area contributed by atoms with Gasteiger partial charge in [-0.3, -0.25) is 9.59 Å². The standard InChI is InChI=1S/C29H38BrN7O5S.C2HF3O2/c1-4-35(5-2)10-9-24(38)42-18(3)28(39)36-11-6-19(7-12-36)8-13-37-27-25(26(31)32-16-33-27)34-29(37)43-23-15-22-21(14-20(23)30)40-17-41-22;3-2(4,5)1(6)7/h14-16,18-19H,4-13,17H2,1-3H3,(H2,31,32,33);(H,6,7)/t18-;/m0./s1. The van der Waals surface area contributed by atoms with Crippen LogP contribution in [0.3, 0.4) is 0 Å². The van der Waals surface area contributed by atoms with E-state index in [1.54, 1.807) is 6.92 Å². The highest BCUT2D eigenvalue weighted by Crippen LogP contribution is 2.43. The highest BCUT2D eigenvalue weighted by Gasteiger charge is 2.38. The SMILES string of the molecule is CCN(CC)CCC(=O)O[C@@H](C)C(=O)N1CCC(CCn2c(Sc3cc4c(cc3Br)OCO4)nc3c(N)ncnc32)CC1.O=C(O)C(F)(F)F. The Morgan fingerprint density at radius 2 is 1.80 bits per heavy atom. The Labute approximate surface area is 299 Å². The quantitative estimate of drug-likeness (QED) is 0.236. The number of hydrogen-bond acceptors (Lipinski definition) is 12. The van der Waals surface area contributed by atoms with Gasteiger partial charge in [-0.15, -0.1) is 0 Å². The predicted molar refractivity (Wildman–Crippen MR) is 180 cm³/mol. The van der Waals surface area contributed by atoms with Gasteiger partial charge in [0.2, 0.25) is 6.79 Å². The first kappa shape index (κ1) is 39.0. The molecule has 1 fully saturated rings. The molecule has 0 unspecified atom stereocenters. The van der Waals surface area contributed by atoms with Crippen LogP contribution < -0.4 is 15.2 Å². The normalized spacial score (nSPS) is 15.2. The number of imidazole rings is 1. The van der Waals surface area contributed by atoms with Crippen molar-refractivity contribution in [3.63, 3.8) is 0 Å². The number of aliphatic carboxylic acids is 1. The van der Waals surface area contributed by atoms with Gasteiger partial charge in [0.05, 0.1) is 6.42 Å². The van der Waals surface area contributed by atoms with Gasteiger partial charge in [-0.25, -0.2) is 19.7 Å². The molecule has 19 heteroatoms. The topological polar surface area (TPSA) is 175 Å². The monoisotopic (exact) mass is 789 g/mol. The third-order valence-corrected chi connectivity index (χ3v) is 10.2. The van der Waals surface area contributed by atoms with E-state index in [-0.39, 0.29) is 25.1 Å². The molecule has 1 saturated heterocycles. The molecule has 1 aromatic carbocycles. The summed E-state index contributed by atoms with van der Waals surface area (Å²) in [5.74, 6) is -1.07. The predicted octanol–water partition coefficient (Wildman–Crippen LogP) is 4.98. The number of amides is 1. The lowest BCUT2D eigenvalue weighted by Crippen LogP contribution is -2.44. The Kier molecular flexibility index (Phi) is 13.5. The first-order valence-corrected chi connectivity index (χ1v) is 17.6. The zero-order chi connectivity index (χ0) is 36.6. The smallest absolute Gasteiger partial charge is 0.475 e. The number of likely N-dealkylation sites (tertiary alicyclic amines) is 1. The maximum Gasteiger partial charge on any atom is 0.490 e. The van der Waals surface area contributed by atoms with E-state index in [2.05, 4.69) is 49.2 Å². The molecule has 1 amide bonds. The number of alkyl halides is 3. The second kappa shape index (κ2) is 17.4. The number of aryl methyl sites for hydroxylation is 1. The fourth-order valence-corrected chi connectivity index (χ4v) is 6.90. The second-order valence-corrected chi connectivity index (χ2v) is 13.3. The number of benzene rings is 1. The van der Waals surface area contributed by atoms with Crippen LogP contribution in [-0.2, 0) is 25.7 Å². The second-order valence-electron chi connectivity index (χ2n) is 11.5. The number of carbonyl (C=O) groups excluding carboxylic acids is 2. The molecule has 0 spiro atoms. The molecule has 0 bridgehead atoms. The van der Waals surface area contributed by atoms with Crippen molar-refractivity contribution >= 4 is 62.5 Å². The van der Waals surface area contributed by atoms with E-state index in [1.165, 1.54) is 18.1 Å². The molecule has 1 atom stereocenters. The number of nitrogens with zero attached hydrogens (tertiary/aromatic N) is 6. The Bertz CT molecular complexity index is 1670. The van der Waals surface area contributed by atoms with Crippen molar-refractivity contribution < 1.29 is 46.9 Å². The van der Waals surface area contributed by atoms with Gasteiger partial charge in [0.1, 0.15) is 6.33 Å². The molecule has 14 nitrogen and oxygen atoms in total. The van der Waals surface area contributed by atoms with Crippen LogP contribution in [0.5, 0.6) is 11.5 Å². The van der Waals surface area contributed by atoms with Crippen LogP contribution in [-0.4, -0.2) is 104 Å². The van der Waals surface area contributed by atoms with E-state index in [4.69, 9.17) is 34.8 Å². The molecule has 0 aliphatic carbocycles. The van der Waals surface area contributed by atoms with Crippen LogP contribution in [0.15, 0.2) is 33.0 Å². The van der Waals surface area contributed by atoms with Gasteiger partial charge in [-0.2, -0.15) is 13.2 Å². The van der Waals surface area contributed by atoms with E-state index in [0.29, 0.717) is 60.6 Å². The summed E-state index contributed by atoms with van der Waals surface area (Å²) in [6, 6.07) is 3.83. The highest BCUT2D eigenvalue weighted by molar-refractivity contribution is 9.10. The van der Waals surface area contributed by atoms with Gasteiger partial charge in [-0.05, 0) is 73.3 Å². The molecule has 2 aromatic heterocycles. The average Bonchev–Trinajstić information content (AvgIpc) is 3.68. The average molecular weight is 791 g/mol. The van der Waals surface area contributed by atoms with Crippen LogP contribution in [0.4, 0.5) is 19.0 Å². The number of carbonyl (C=O) groups is 3. The molecule has 2 aliphatic rings. The number of piperidine rings is 1. The first-order chi connectivity index (χ1) is 23.7. The number of carboxylic acids is 1. The highest BCUT2D eigenvalue weighted by atomic mass is 79.9. The van der Waals surface area contributed by atoms with Crippen molar-refractivity contribution in [1.82, 2.24) is 29.3 Å². The third-order valence-electron chi connectivity index (χ3n) is 8.27. The molecular weight excluding hydrogens is 751 g/mol. The number of nitrogens with two attached hydrogens (primary N) is 1. The molecular formula is C31H39BrF3N7O7S. The van der Waals surface area contributed by atoms with Crippen molar-refractivity contribution in [3.8, 4) is 11.5 Å². The maximum absolute atomic E-state index is 13.0. The zero-order valence-corrected chi connectivity index (χ0v) is 30.1. The van der Waals surface area contributed by atoms with E-state index in [0.717, 1.165) is 46.9 Å². The van der Waals surface area contributed by atoms with Crippen LogP contribution in [0.25, 0.3) is 11.2 Å². The van der Waals surface area contributed by atoms with Crippen LogP contribution in [0.1, 0.15) is 46.5 Å². The molecule has 3 N–H and O–H groups in total. The van der Waals surface area contributed by atoms with Gasteiger partial charge in [0, 0.05) is 35.5 Å². The minimum atomic E-state index is -5.08. The number of nitrogen functional groups attached to an aromatic ring is 1. The lowest BCUT2D eigenvalue weighted by Gasteiger charge is -2.33. The maximum atomic E-state index is 13.0. The summed E-state index contributed by atoms with van der Waals surface area (Å²) in [5, 5.41) is 7.88. The van der Waals surface area contributed by atoms with Crippen LogP contribution in [0.2, 0.25) is 0 Å². The molecule has 0 saturated carbocycles. The Morgan fingerprint density at radius 3 is 2.42 bits per heavy atom. The lowest BCUT2D eigenvalue weighted by molar-refractivity contribution is -0.192. The minimum Gasteiger partial charge on any atom is -0.475 e. The van der Waals surface area contributed by atoms with E-state index in [9.17, 15) is 22.8 Å². The first-order valence-electron chi connectivity index (χ1n) is 16.0. The minimum absolute atomic E-state index is 0.129. The van der Waals surface area contributed by atoms with Gasteiger partial charge in [0.25, 0.3) is 5.91 Å². The van der Waals surface area contributed by atoms with Crippen molar-refractivity contribution in [2.45, 2.75) is 75.3 Å². The van der Waals surface area contributed by atoms with E-state index in [1.807, 2.05) is 17.0 Å². The molecule has 2 aliphatic heterocycles. The van der Waals surface area contributed by atoms with Crippen molar-refractivity contribution in [3.05, 3.63) is 22.9 Å². The lowest BCUT2D eigenvalue weighted by atomic mass is 9.93. The number of esters is 1. The summed E-state index contributed by atoms with van der Waals surface area (Å²) in [4.78, 5) is 52.5. The fourth-order valence-electron chi connectivity index (χ4n) is 5.40. The molecule has 5 rings (SSSR count). The van der Waals surface area contributed by atoms with E-state index < -0.39 is 18.2 Å². The fraction of sp³-hybridized carbons (Fsp3) is 0.548. The van der Waals surface area contributed by atoms with E-state index >= 15 is 0 Å². The van der Waals surface area contributed by atoms with Crippen LogP contribution in [0, 0.1) is 5.92 Å². The molecule has 4 heterocycles. The zero-order valence-electron chi connectivity index (χ0n) is 27.7.